The Morgan fingerprint density at radius 2 is 1.94 bits per heavy atom. The van der Waals surface area contributed by atoms with Gasteiger partial charge in [0.2, 0.25) is 5.91 Å². The van der Waals surface area contributed by atoms with Crippen LogP contribution in [0.3, 0.4) is 0 Å². The number of carbonyl (C=O) groups is 2. The molecule has 0 aliphatic carbocycles. The number of nitrogens with one attached hydrogen (secondary N) is 2. The first-order valence-corrected chi connectivity index (χ1v) is 9.70. The normalized spacial score (nSPS) is 12.4. The molecular formula is C21H20N4O6. The zero-order valence-corrected chi connectivity index (χ0v) is 16.7. The highest BCUT2D eigenvalue weighted by molar-refractivity contribution is 6.08. The summed E-state index contributed by atoms with van der Waals surface area (Å²) in [6.45, 7) is 2.78. The first-order valence-electron chi connectivity index (χ1n) is 9.70. The van der Waals surface area contributed by atoms with E-state index >= 15 is 0 Å². The topological polar surface area (TPSA) is 127 Å². The monoisotopic (exact) mass is 424 g/mol. The number of hydrogen-bond donors (Lipinski definition) is 2. The highest BCUT2D eigenvalue weighted by atomic mass is 16.6. The highest BCUT2D eigenvalue weighted by Crippen LogP contribution is 2.32. The molecule has 3 aromatic rings. The Labute approximate surface area is 176 Å². The van der Waals surface area contributed by atoms with E-state index in [4.69, 9.17) is 9.47 Å². The molecule has 2 heterocycles. The van der Waals surface area contributed by atoms with E-state index in [1.165, 1.54) is 23.2 Å². The van der Waals surface area contributed by atoms with Gasteiger partial charge in [0.15, 0.2) is 11.5 Å². The van der Waals surface area contributed by atoms with E-state index in [0.717, 1.165) is 0 Å². The fourth-order valence-electron chi connectivity index (χ4n) is 3.39. The Morgan fingerprint density at radius 1 is 1.16 bits per heavy atom. The predicted molar refractivity (Wildman–Crippen MR) is 113 cm³/mol. The number of amides is 2. The van der Waals surface area contributed by atoms with E-state index in [0.29, 0.717) is 41.3 Å². The molecule has 4 rings (SSSR count). The van der Waals surface area contributed by atoms with Crippen LogP contribution < -0.4 is 14.8 Å². The molecule has 0 saturated heterocycles. The molecule has 2 aromatic carbocycles. The molecule has 0 bridgehead atoms. The Bertz CT molecular complexity index is 1170. The molecule has 10 nitrogen and oxygen atoms in total. The Morgan fingerprint density at radius 3 is 2.68 bits per heavy atom. The second-order valence-electron chi connectivity index (χ2n) is 6.92. The third kappa shape index (κ3) is 4.13. The predicted octanol–water partition coefficient (Wildman–Crippen LogP) is 2.95. The summed E-state index contributed by atoms with van der Waals surface area (Å²) in [4.78, 5) is 40.5. The molecule has 10 heteroatoms. The largest absolute Gasteiger partial charge is 0.486 e. The van der Waals surface area contributed by atoms with Gasteiger partial charge in [-0.2, -0.15) is 0 Å². The molecular weight excluding hydrogens is 404 g/mol. The lowest BCUT2D eigenvalue weighted by molar-refractivity contribution is -0.384. The molecule has 0 spiro atoms. The number of hydrogen-bond acceptors (Lipinski definition) is 6. The van der Waals surface area contributed by atoms with Gasteiger partial charge in [-0.25, -0.2) is 0 Å². The molecule has 0 radical (unpaired) electrons. The molecule has 1 aliphatic rings. The smallest absolute Gasteiger partial charge is 0.270 e. The molecule has 2 amide bonds. The summed E-state index contributed by atoms with van der Waals surface area (Å²) in [6.07, 6.45) is 1.50. The van der Waals surface area contributed by atoms with Crippen LogP contribution in [0.4, 0.5) is 11.4 Å². The fraction of sp³-hybridized carbons (Fsp3) is 0.238. The molecule has 0 fully saturated rings. The van der Waals surface area contributed by atoms with Crippen molar-refractivity contribution in [2.24, 2.45) is 0 Å². The first-order chi connectivity index (χ1) is 15.0. The molecule has 160 valence electrons. The third-order valence-electron chi connectivity index (χ3n) is 4.94. The van der Waals surface area contributed by atoms with Crippen molar-refractivity contribution in [2.75, 3.05) is 31.6 Å². The van der Waals surface area contributed by atoms with Gasteiger partial charge in [-0.05, 0) is 25.1 Å². The standard InChI is InChI=1S/C21H20N4O6/c1-2-24(12-20(26)23-13-3-6-18-19(9-13)31-8-7-30-18)21(27)16-11-22-17-5-4-14(25(28)29)10-15(16)17/h3-6,9-11,22H,2,7-8,12H2,1H3,(H,23,26). The summed E-state index contributed by atoms with van der Waals surface area (Å²) in [5.41, 5.74) is 1.29. The van der Waals surface area contributed by atoms with Crippen molar-refractivity contribution >= 4 is 34.1 Å². The van der Waals surface area contributed by atoms with Crippen LogP contribution in [0.5, 0.6) is 11.5 Å². The van der Waals surface area contributed by atoms with Gasteiger partial charge in [-0.15, -0.1) is 0 Å². The number of ether oxygens (including phenoxy) is 2. The Kier molecular flexibility index (Phi) is 5.44. The van der Waals surface area contributed by atoms with E-state index < -0.39 is 10.8 Å². The number of nitro groups is 1. The molecule has 31 heavy (non-hydrogen) atoms. The van der Waals surface area contributed by atoms with Gasteiger partial charge in [-0.3, -0.25) is 19.7 Å². The Hall–Kier alpha value is -4.08. The van der Waals surface area contributed by atoms with Crippen LogP contribution in [0.2, 0.25) is 0 Å². The minimum absolute atomic E-state index is 0.111. The number of fused-ring (bicyclic) bond motifs is 2. The van der Waals surface area contributed by atoms with Crippen molar-refractivity contribution in [1.29, 1.82) is 0 Å². The summed E-state index contributed by atoms with van der Waals surface area (Å²) in [5.74, 6) is 0.389. The SMILES string of the molecule is CCN(CC(=O)Nc1ccc2c(c1)OCCO2)C(=O)c1c[nH]c2ccc([N+](=O)[O-])cc12. The van der Waals surface area contributed by atoms with Gasteiger partial charge >= 0.3 is 0 Å². The lowest BCUT2D eigenvalue weighted by Crippen LogP contribution is -2.37. The summed E-state index contributed by atoms with van der Waals surface area (Å²) in [6, 6.07) is 9.35. The maximum absolute atomic E-state index is 13.0. The number of nitro benzene ring substituents is 1. The van der Waals surface area contributed by atoms with Crippen molar-refractivity contribution in [1.82, 2.24) is 9.88 Å². The lowest BCUT2D eigenvalue weighted by atomic mass is 10.1. The quantitative estimate of drug-likeness (QED) is 0.463. The molecule has 0 saturated carbocycles. The number of non-ortho nitro benzene ring substituents is 1. The summed E-state index contributed by atoms with van der Waals surface area (Å²) < 4.78 is 11.0. The highest BCUT2D eigenvalue weighted by Gasteiger charge is 2.22. The van der Waals surface area contributed by atoms with E-state index in [-0.39, 0.29) is 30.2 Å². The van der Waals surface area contributed by atoms with Gasteiger partial charge in [0.05, 0.1) is 10.5 Å². The van der Waals surface area contributed by atoms with Gasteiger partial charge in [-0.1, -0.05) is 0 Å². The van der Waals surface area contributed by atoms with Crippen LogP contribution in [0.1, 0.15) is 17.3 Å². The number of rotatable bonds is 6. The number of likely N-dealkylation sites (N-methyl/N-ethyl adjacent to an activating group) is 1. The number of aromatic nitrogens is 1. The van der Waals surface area contributed by atoms with Crippen LogP contribution in [-0.2, 0) is 4.79 Å². The first kappa shape index (κ1) is 20.2. The van der Waals surface area contributed by atoms with Gasteiger partial charge in [0.1, 0.15) is 19.8 Å². The summed E-state index contributed by atoms with van der Waals surface area (Å²) in [7, 11) is 0. The van der Waals surface area contributed by atoms with Crippen LogP contribution >= 0.6 is 0 Å². The van der Waals surface area contributed by atoms with Crippen molar-refractivity contribution in [3.63, 3.8) is 0 Å². The summed E-state index contributed by atoms with van der Waals surface area (Å²) in [5, 5.41) is 14.3. The molecule has 0 unspecified atom stereocenters. The number of anilines is 1. The minimum Gasteiger partial charge on any atom is -0.486 e. The van der Waals surface area contributed by atoms with Gasteiger partial charge in [0, 0.05) is 47.5 Å². The zero-order valence-electron chi connectivity index (χ0n) is 16.7. The number of nitrogens with zero attached hydrogens (tertiary/aromatic N) is 2. The van der Waals surface area contributed by atoms with Crippen LogP contribution in [-0.4, -0.2) is 52.9 Å². The number of aromatic amines is 1. The van der Waals surface area contributed by atoms with E-state index in [1.54, 1.807) is 31.2 Å². The van der Waals surface area contributed by atoms with Crippen LogP contribution in [0.15, 0.2) is 42.6 Å². The minimum atomic E-state index is -0.515. The Balaban J connectivity index is 1.49. The van der Waals surface area contributed by atoms with Crippen LogP contribution in [0.25, 0.3) is 10.9 Å². The van der Waals surface area contributed by atoms with Crippen LogP contribution in [0, 0.1) is 10.1 Å². The summed E-state index contributed by atoms with van der Waals surface area (Å²) >= 11 is 0. The maximum Gasteiger partial charge on any atom is 0.270 e. The fourth-order valence-corrected chi connectivity index (χ4v) is 3.39. The maximum atomic E-state index is 13.0. The van der Waals surface area contributed by atoms with Gasteiger partial charge < -0.3 is 24.7 Å². The third-order valence-corrected chi connectivity index (χ3v) is 4.94. The van der Waals surface area contributed by atoms with Gasteiger partial charge in [0.25, 0.3) is 11.6 Å². The number of carbonyl (C=O) groups excluding carboxylic acids is 2. The number of H-pyrrole nitrogens is 1. The zero-order chi connectivity index (χ0) is 22.0. The van der Waals surface area contributed by atoms with E-state index in [9.17, 15) is 19.7 Å². The average Bonchev–Trinajstić information content (AvgIpc) is 3.20. The van der Waals surface area contributed by atoms with Crippen molar-refractivity contribution in [2.45, 2.75) is 6.92 Å². The van der Waals surface area contributed by atoms with E-state index in [2.05, 4.69) is 10.3 Å². The van der Waals surface area contributed by atoms with Crippen molar-refractivity contribution in [3.8, 4) is 11.5 Å². The lowest BCUT2D eigenvalue weighted by Gasteiger charge is -2.21. The average molecular weight is 424 g/mol. The molecule has 0 atom stereocenters. The molecule has 1 aliphatic heterocycles. The van der Waals surface area contributed by atoms with Crippen molar-refractivity contribution < 1.29 is 24.0 Å². The second-order valence-corrected chi connectivity index (χ2v) is 6.92. The molecule has 2 N–H and O–H groups in total. The number of benzene rings is 2. The van der Waals surface area contributed by atoms with Crippen molar-refractivity contribution in [3.05, 3.63) is 58.3 Å². The van der Waals surface area contributed by atoms with E-state index in [1.807, 2.05) is 0 Å². The molecule has 1 aromatic heterocycles. The second kappa shape index (κ2) is 8.34.